The summed E-state index contributed by atoms with van der Waals surface area (Å²) < 4.78 is 13.3. The molecule has 19 heavy (non-hydrogen) atoms. The number of hydrogen-bond acceptors (Lipinski definition) is 4. The molecule has 0 unspecified atom stereocenters. The van der Waals surface area contributed by atoms with E-state index in [4.69, 9.17) is 11.6 Å². The normalized spacial score (nSPS) is 10.9. The van der Waals surface area contributed by atoms with Crippen molar-refractivity contribution in [2.45, 2.75) is 0 Å². The third kappa shape index (κ3) is 2.15. The summed E-state index contributed by atoms with van der Waals surface area (Å²) in [4.78, 5) is 9.65. The van der Waals surface area contributed by atoms with E-state index in [1.54, 1.807) is 19.2 Å². The molecule has 0 saturated heterocycles. The Hall–Kier alpha value is -1.72. The van der Waals surface area contributed by atoms with Crippen molar-refractivity contribution in [2.75, 3.05) is 12.4 Å². The van der Waals surface area contributed by atoms with Crippen LogP contribution < -0.4 is 5.32 Å². The molecule has 3 aromatic rings. The Labute approximate surface area is 118 Å². The van der Waals surface area contributed by atoms with Gasteiger partial charge in [0.05, 0.1) is 15.4 Å². The van der Waals surface area contributed by atoms with Crippen molar-refractivity contribution < 1.29 is 4.39 Å². The van der Waals surface area contributed by atoms with Crippen molar-refractivity contribution >= 4 is 39.7 Å². The third-order valence-corrected chi connectivity index (χ3v) is 4.05. The standard InChI is InChI=1S/C13H9ClFN3S/c1-16-12-8-6-7(15)2-3-10(8)17-13(18-12)11-9(14)4-5-19-11/h2-6H,1H3,(H,16,17,18). The molecule has 2 heterocycles. The topological polar surface area (TPSA) is 37.8 Å². The molecule has 0 aliphatic carbocycles. The van der Waals surface area contributed by atoms with Gasteiger partial charge in [-0.3, -0.25) is 0 Å². The van der Waals surface area contributed by atoms with Gasteiger partial charge in [-0.1, -0.05) is 11.6 Å². The molecule has 2 aromatic heterocycles. The maximum atomic E-state index is 13.3. The lowest BCUT2D eigenvalue weighted by Crippen LogP contribution is -1.98. The summed E-state index contributed by atoms with van der Waals surface area (Å²) in [5.74, 6) is 0.821. The quantitative estimate of drug-likeness (QED) is 0.770. The van der Waals surface area contributed by atoms with E-state index in [2.05, 4.69) is 15.3 Å². The highest BCUT2D eigenvalue weighted by atomic mass is 35.5. The van der Waals surface area contributed by atoms with E-state index in [9.17, 15) is 4.39 Å². The number of nitrogens with one attached hydrogen (secondary N) is 1. The number of aromatic nitrogens is 2. The van der Waals surface area contributed by atoms with Gasteiger partial charge >= 0.3 is 0 Å². The van der Waals surface area contributed by atoms with Crippen molar-refractivity contribution in [2.24, 2.45) is 0 Å². The molecule has 0 amide bonds. The Balaban J connectivity index is 2.29. The van der Waals surface area contributed by atoms with Gasteiger partial charge in [0, 0.05) is 12.4 Å². The zero-order chi connectivity index (χ0) is 13.4. The average molecular weight is 294 g/mol. The molecule has 0 saturated carbocycles. The number of anilines is 1. The van der Waals surface area contributed by atoms with Gasteiger partial charge in [-0.05, 0) is 29.6 Å². The minimum absolute atomic E-state index is 0.311. The first-order valence-electron chi connectivity index (χ1n) is 5.57. The summed E-state index contributed by atoms with van der Waals surface area (Å²) >= 11 is 7.57. The van der Waals surface area contributed by atoms with Crippen LogP contribution in [0.15, 0.2) is 29.6 Å². The number of hydrogen-bond donors (Lipinski definition) is 1. The van der Waals surface area contributed by atoms with Crippen molar-refractivity contribution in [3.8, 4) is 10.7 Å². The molecule has 0 aliphatic heterocycles. The predicted octanol–water partition coefficient (Wildman–Crippen LogP) is 4.19. The molecule has 0 spiro atoms. The van der Waals surface area contributed by atoms with Gasteiger partial charge in [-0.2, -0.15) is 0 Å². The van der Waals surface area contributed by atoms with Gasteiger partial charge in [-0.25, -0.2) is 14.4 Å². The summed E-state index contributed by atoms with van der Waals surface area (Å²) in [5, 5.41) is 6.12. The second-order valence-corrected chi connectivity index (χ2v) is 5.23. The van der Waals surface area contributed by atoms with Crippen molar-refractivity contribution in [1.29, 1.82) is 0 Å². The minimum Gasteiger partial charge on any atom is -0.373 e. The number of rotatable bonds is 2. The molecule has 0 aliphatic rings. The van der Waals surface area contributed by atoms with Crippen LogP contribution >= 0.6 is 22.9 Å². The first kappa shape index (κ1) is 12.3. The number of fused-ring (bicyclic) bond motifs is 1. The fourth-order valence-corrected chi connectivity index (χ4v) is 2.92. The molecular weight excluding hydrogens is 285 g/mol. The summed E-state index contributed by atoms with van der Waals surface area (Å²) in [5.41, 5.74) is 0.681. The second kappa shape index (κ2) is 4.75. The van der Waals surface area contributed by atoms with E-state index in [0.717, 1.165) is 4.88 Å². The SMILES string of the molecule is CNc1nc(-c2sccc2Cl)nc2ccc(F)cc12. The summed E-state index contributed by atoms with van der Waals surface area (Å²) in [6.45, 7) is 0. The molecule has 0 radical (unpaired) electrons. The van der Waals surface area contributed by atoms with Gasteiger partial charge in [0.2, 0.25) is 0 Å². The highest BCUT2D eigenvalue weighted by Crippen LogP contribution is 2.33. The van der Waals surface area contributed by atoms with Crippen LogP contribution in [0.2, 0.25) is 5.02 Å². The van der Waals surface area contributed by atoms with Crippen LogP contribution in [-0.4, -0.2) is 17.0 Å². The molecule has 1 N–H and O–H groups in total. The van der Waals surface area contributed by atoms with Crippen molar-refractivity contribution in [3.05, 3.63) is 40.5 Å². The highest BCUT2D eigenvalue weighted by Gasteiger charge is 2.12. The Morgan fingerprint density at radius 3 is 2.79 bits per heavy atom. The minimum atomic E-state index is -0.311. The van der Waals surface area contributed by atoms with E-state index in [1.165, 1.54) is 23.5 Å². The van der Waals surface area contributed by atoms with Gasteiger partial charge < -0.3 is 5.32 Å². The zero-order valence-electron chi connectivity index (χ0n) is 9.95. The highest BCUT2D eigenvalue weighted by molar-refractivity contribution is 7.14. The van der Waals surface area contributed by atoms with Gasteiger partial charge in [0.15, 0.2) is 5.82 Å². The predicted molar refractivity (Wildman–Crippen MR) is 77.4 cm³/mol. The maximum absolute atomic E-state index is 13.3. The number of thiophene rings is 1. The summed E-state index contributed by atoms with van der Waals surface area (Å²) in [6, 6.07) is 6.24. The van der Waals surface area contributed by atoms with Crippen LogP contribution in [0.4, 0.5) is 10.2 Å². The third-order valence-electron chi connectivity index (χ3n) is 2.71. The Kier molecular flexibility index (Phi) is 3.08. The van der Waals surface area contributed by atoms with Crippen LogP contribution in [0.3, 0.4) is 0 Å². The van der Waals surface area contributed by atoms with Crippen LogP contribution in [0.25, 0.3) is 21.6 Å². The average Bonchev–Trinajstić information content (AvgIpc) is 2.84. The number of halogens is 2. The van der Waals surface area contributed by atoms with Gasteiger partial charge in [-0.15, -0.1) is 11.3 Å². The van der Waals surface area contributed by atoms with Crippen molar-refractivity contribution in [3.63, 3.8) is 0 Å². The fourth-order valence-electron chi connectivity index (χ4n) is 1.85. The zero-order valence-corrected chi connectivity index (χ0v) is 11.5. The van der Waals surface area contributed by atoms with Crippen LogP contribution in [0, 0.1) is 5.82 Å². The fraction of sp³-hybridized carbons (Fsp3) is 0.0769. The molecular formula is C13H9ClFN3S. The Morgan fingerprint density at radius 2 is 2.11 bits per heavy atom. The molecule has 1 aromatic carbocycles. The second-order valence-electron chi connectivity index (χ2n) is 3.90. The van der Waals surface area contributed by atoms with Crippen molar-refractivity contribution in [1.82, 2.24) is 9.97 Å². The van der Waals surface area contributed by atoms with E-state index in [-0.39, 0.29) is 5.82 Å². The number of nitrogens with zero attached hydrogens (tertiary/aromatic N) is 2. The summed E-state index contributed by atoms with van der Waals surface area (Å²) in [7, 11) is 1.74. The molecule has 3 rings (SSSR count). The van der Waals surface area contributed by atoms with E-state index in [1.807, 2.05) is 5.38 Å². The molecule has 0 bridgehead atoms. The van der Waals surface area contributed by atoms with Crippen LogP contribution in [0.5, 0.6) is 0 Å². The largest absolute Gasteiger partial charge is 0.373 e. The number of benzene rings is 1. The van der Waals surface area contributed by atoms with Gasteiger partial charge in [0.1, 0.15) is 11.6 Å². The molecule has 96 valence electrons. The Morgan fingerprint density at radius 1 is 1.26 bits per heavy atom. The monoisotopic (exact) mass is 293 g/mol. The first-order chi connectivity index (χ1) is 9.19. The van der Waals surface area contributed by atoms with Gasteiger partial charge in [0.25, 0.3) is 0 Å². The summed E-state index contributed by atoms with van der Waals surface area (Å²) in [6.07, 6.45) is 0. The Bertz CT molecular complexity index is 757. The first-order valence-corrected chi connectivity index (χ1v) is 6.83. The maximum Gasteiger partial charge on any atom is 0.173 e. The van der Waals surface area contributed by atoms with E-state index >= 15 is 0 Å². The molecule has 3 nitrogen and oxygen atoms in total. The van der Waals surface area contributed by atoms with E-state index < -0.39 is 0 Å². The lowest BCUT2D eigenvalue weighted by molar-refractivity contribution is 0.629. The molecule has 0 atom stereocenters. The molecule has 0 fully saturated rings. The lowest BCUT2D eigenvalue weighted by atomic mass is 10.2. The van der Waals surface area contributed by atoms with Crippen LogP contribution in [-0.2, 0) is 0 Å². The smallest absolute Gasteiger partial charge is 0.173 e. The molecule has 6 heteroatoms. The van der Waals surface area contributed by atoms with Crippen LogP contribution in [0.1, 0.15) is 0 Å². The lowest BCUT2D eigenvalue weighted by Gasteiger charge is -2.07. The van der Waals surface area contributed by atoms with E-state index in [0.29, 0.717) is 27.6 Å².